The molecule has 3 aromatic carbocycles. The number of ether oxygens (including phenoxy) is 3. The highest BCUT2D eigenvalue weighted by Crippen LogP contribution is 2.31. The van der Waals surface area contributed by atoms with Gasteiger partial charge in [-0.3, -0.25) is 28.5 Å². The van der Waals surface area contributed by atoms with E-state index in [1.807, 2.05) is 39.0 Å². The lowest BCUT2D eigenvalue weighted by molar-refractivity contribution is -0.145. The number of nitrogens with zero attached hydrogens (tertiary/aromatic N) is 4. The Bertz CT molecular complexity index is 2360. The molecule has 17 nitrogen and oxygen atoms in total. The van der Waals surface area contributed by atoms with Gasteiger partial charge in [-0.05, 0) is 99.2 Å². The number of piperazine rings is 1. The van der Waals surface area contributed by atoms with Crippen molar-refractivity contribution in [2.75, 3.05) is 72.7 Å². The number of carbonyl (C=O) groups excluding carboxylic acids is 5. The minimum absolute atomic E-state index is 0.0222. The van der Waals surface area contributed by atoms with Gasteiger partial charge in [0.1, 0.15) is 11.8 Å². The van der Waals surface area contributed by atoms with Crippen LogP contribution in [0.5, 0.6) is 5.75 Å². The molecule has 1 saturated heterocycles. The molecule has 4 aromatic rings. The molecule has 1 fully saturated rings. The number of nitrogens with one attached hydrogen (secondary N) is 1. The molecule has 1 unspecified atom stereocenters. The van der Waals surface area contributed by atoms with Crippen LogP contribution in [0, 0.1) is 6.92 Å². The van der Waals surface area contributed by atoms with E-state index in [-0.39, 0.29) is 55.5 Å². The Morgan fingerprint density at radius 2 is 1.33 bits per heavy atom. The molecule has 5 rings (SSSR count). The van der Waals surface area contributed by atoms with Crippen molar-refractivity contribution < 1.29 is 58.0 Å². The number of hydrogen-bond donors (Lipinski definition) is 3. The maximum Gasteiger partial charge on any atom is 0.328 e. The smallest absolute Gasteiger partial charge is 0.328 e. The van der Waals surface area contributed by atoms with Crippen LogP contribution in [0.4, 0.5) is 0 Å². The lowest BCUT2D eigenvalue weighted by Gasteiger charge is -2.34. The van der Waals surface area contributed by atoms with Crippen LogP contribution < -0.4 is 10.1 Å². The topological polar surface area (TPSA) is 214 Å². The number of carboxylic acids is 2. The summed E-state index contributed by atoms with van der Waals surface area (Å²) in [5.41, 5.74) is 3.01. The van der Waals surface area contributed by atoms with Gasteiger partial charge in [-0.1, -0.05) is 43.6 Å². The fourth-order valence-corrected chi connectivity index (χ4v) is 7.96. The summed E-state index contributed by atoms with van der Waals surface area (Å²) in [6.45, 7) is 12.7. The molecule has 0 bridgehead atoms. The number of carbonyl (C=O) groups is 7. The van der Waals surface area contributed by atoms with Crippen LogP contribution in [-0.2, 0) is 39.9 Å². The summed E-state index contributed by atoms with van der Waals surface area (Å²) in [5, 5.41) is 19.8. The summed E-state index contributed by atoms with van der Waals surface area (Å²) >= 11 is 6.06. The number of fused-ring (bicyclic) bond motifs is 1. The average Bonchev–Trinajstić information content (AvgIpc) is 3.61. The highest BCUT2D eigenvalue weighted by atomic mass is 35.5. The Kier molecular flexibility index (Phi) is 22.9. The second-order valence-electron chi connectivity index (χ2n) is 16.4. The molecule has 372 valence electrons. The van der Waals surface area contributed by atoms with Crippen molar-refractivity contribution in [2.45, 2.75) is 71.8 Å². The van der Waals surface area contributed by atoms with Crippen molar-refractivity contribution in [1.82, 2.24) is 24.6 Å². The van der Waals surface area contributed by atoms with E-state index in [9.17, 15) is 33.6 Å². The molecule has 3 N–H and O–H groups in total. The van der Waals surface area contributed by atoms with E-state index in [0.717, 1.165) is 63.1 Å². The Morgan fingerprint density at radius 1 is 0.768 bits per heavy atom. The molecule has 1 aliphatic rings. The third kappa shape index (κ3) is 17.8. The number of aliphatic carboxylic acids is 2. The van der Waals surface area contributed by atoms with Crippen LogP contribution in [0.25, 0.3) is 10.9 Å². The van der Waals surface area contributed by atoms with Crippen LogP contribution in [0.3, 0.4) is 0 Å². The predicted octanol–water partition coefficient (Wildman–Crippen LogP) is 6.27. The van der Waals surface area contributed by atoms with Crippen LogP contribution >= 0.6 is 11.6 Å². The minimum atomic E-state index is -1.26. The Balaban J connectivity index is 0.00000119. The Labute approximate surface area is 407 Å². The van der Waals surface area contributed by atoms with E-state index in [4.69, 9.17) is 36.0 Å². The quantitative estimate of drug-likeness (QED) is 0.0402. The average molecular weight is 975 g/mol. The van der Waals surface area contributed by atoms with Gasteiger partial charge >= 0.3 is 23.9 Å². The number of hydrogen-bond acceptors (Lipinski definition) is 12. The molecule has 2 heterocycles. The number of amides is 2. The normalized spacial score (nSPS) is 13.2. The number of rotatable bonds is 24. The molecule has 69 heavy (non-hydrogen) atoms. The summed E-state index contributed by atoms with van der Waals surface area (Å²) in [6, 6.07) is 20.1. The van der Waals surface area contributed by atoms with Crippen molar-refractivity contribution >= 4 is 64.1 Å². The Morgan fingerprint density at radius 3 is 1.87 bits per heavy atom. The summed E-state index contributed by atoms with van der Waals surface area (Å²) in [4.78, 5) is 91.4. The van der Waals surface area contributed by atoms with E-state index < -0.39 is 18.0 Å². The zero-order valence-corrected chi connectivity index (χ0v) is 40.6. The van der Waals surface area contributed by atoms with E-state index in [1.54, 1.807) is 71.2 Å². The van der Waals surface area contributed by atoms with Gasteiger partial charge in [0, 0.05) is 98.2 Å². The number of benzene rings is 3. The van der Waals surface area contributed by atoms with E-state index >= 15 is 0 Å². The molecule has 0 spiro atoms. The van der Waals surface area contributed by atoms with Crippen molar-refractivity contribution in [3.63, 3.8) is 0 Å². The second kappa shape index (κ2) is 28.7. The van der Waals surface area contributed by atoms with Crippen LogP contribution in [0.15, 0.2) is 84.9 Å². The highest BCUT2D eigenvalue weighted by Gasteiger charge is 2.27. The van der Waals surface area contributed by atoms with Gasteiger partial charge in [0.2, 0.25) is 5.91 Å². The fourth-order valence-electron chi connectivity index (χ4n) is 7.83. The zero-order chi connectivity index (χ0) is 50.3. The number of esters is 2. The second-order valence-corrected chi connectivity index (χ2v) is 16.8. The van der Waals surface area contributed by atoms with Crippen LogP contribution in [-0.4, -0.2) is 150 Å². The highest BCUT2D eigenvalue weighted by molar-refractivity contribution is 6.30. The lowest BCUT2D eigenvalue weighted by atomic mass is 10.1. The molecule has 1 aliphatic heterocycles. The third-order valence-corrected chi connectivity index (χ3v) is 11.6. The van der Waals surface area contributed by atoms with Crippen molar-refractivity contribution in [2.24, 2.45) is 0 Å². The van der Waals surface area contributed by atoms with Gasteiger partial charge in [0.15, 0.2) is 0 Å². The largest absolute Gasteiger partial charge is 0.497 e. The summed E-state index contributed by atoms with van der Waals surface area (Å²) in [6.07, 6.45) is 4.31. The summed E-state index contributed by atoms with van der Waals surface area (Å²) in [7, 11) is 1.58. The van der Waals surface area contributed by atoms with Gasteiger partial charge in [0.05, 0.1) is 32.3 Å². The third-order valence-electron chi connectivity index (χ3n) is 11.3. The van der Waals surface area contributed by atoms with Crippen molar-refractivity contribution in [3.8, 4) is 5.75 Å². The SMILES string of the molecule is CCCN(CCC)C(=O)C(CCC(=O)OCCCN1CCN(CCCOC(=O)Cc2c(C)n(C(=O)c3ccc(Cl)cc3)c3ccc(OC)cc23)CC1)NC(=O)c1ccccc1.O=C(O)C=CC(=O)O. The number of methoxy groups -OCH3 is 1. The minimum Gasteiger partial charge on any atom is -0.497 e. The van der Waals surface area contributed by atoms with Gasteiger partial charge < -0.3 is 44.4 Å². The predicted molar refractivity (Wildman–Crippen MR) is 261 cm³/mol. The van der Waals surface area contributed by atoms with E-state index in [2.05, 4.69) is 15.1 Å². The van der Waals surface area contributed by atoms with Gasteiger partial charge in [-0.2, -0.15) is 0 Å². The summed E-state index contributed by atoms with van der Waals surface area (Å²) < 4.78 is 18.3. The summed E-state index contributed by atoms with van der Waals surface area (Å²) in [5.74, 6) is -3.38. The molecule has 2 amide bonds. The molecule has 18 heteroatoms. The van der Waals surface area contributed by atoms with Gasteiger partial charge in [-0.25, -0.2) is 9.59 Å². The van der Waals surface area contributed by atoms with E-state index in [0.29, 0.717) is 77.8 Å². The zero-order valence-electron chi connectivity index (χ0n) is 39.8. The Hall–Kier alpha value is -6.56. The monoisotopic (exact) mass is 973 g/mol. The molecule has 0 saturated carbocycles. The van der Waals surface area contributed by atoms with Gasteiger partial charge in [-0.15, -0.1) is 0 Å². The molecule has 0 aliphatic carbocycles. The number of carboxylic acid groups (broad SMARTS) is 2. The standard InChI is InChI=1S/C47H60ClN5O8.C4H4O4/c1-5-22-52(23-6-2)47(58)41(49-45(56)35-12-8-7-9-13-35)19-21-43(54)60-30-10-24-50-26-28-51(29-27-50)25-11-31-61-44(55)33-39-34(3)53(42-20-18-38(59-4)32-40(39)42)46(57)36-14-16-37(48)17-15-36;5-3(6)1-2-4(7)8/h7-9,12-18,20,32,41H,5-6,10-11,19,21-31,33H2,1-4H3,(H,49,56);1-2H,(H,5,6)(H,7,8). The van der Waals surface area contributed by atoms with Crippen LogP contribution in [0.2, 0.25) is 5.02 Å². The molecular weight excluding hydrogens is 910 g/mol. The molecule has 1 aromatic heterocycles. The first-order valence-electron chi connectivity index (χ1n) is 23.2. The van der Waals surface area contributed by atoms with Gasteiger partial charge in [0.25, 0.3) is 11.8 Å². The molecule has 1 atom stereocenters. The van der Waals surface area contributed by atoms with Crippen molar-refractivity contribution in [1.29, 1.82) is 0 Å². The fraction of sp³-hybridized carbons (Fsp3) is 0.431. The number of halogens is 1. The lowest BCUT2D eigenvalue weighted by Crippen LogP contribution is -2.49. The maximum absolute atomic E-state index is 13.6. The van der Waals surface area contributed by atoms with E-state index in [1.165, 1.54) is 0 Å². The maximum atomic E-state index is 13.6. The first-order valence-corrected chi connectivity index (χ1v) is 23.6. The van der Waals surface area contributed by atoms with Crippen molar-refractivity contribution in [3.05, 3.63) is 112 Å². The number of aromatic nitrogens is 1. The first-order chi connectivity index (χ1) is 33.1. The van der Waals surface area contributed by atoms with Crippen LogP contribution in [0.1, 0.15) is 84.3 Å². The first kappa shape index (κ1) is 55.0. The molecular formula is C51H64ClN5O12. The molecule has 0 radical (unpaired) electrons.